The molecule has 0 unspecified atom stereocenters. The van der Waals surface area contributed by atoms with Crippen molar-refractivity contribution in [3.05, 3.63) is 94.4 Å². The highest BCUT2D eigenvalue weighted by molar-refractivity contribution is 6.31. The molecule has 0 fully saturated rings. The molecule has 0 saturated heterocycles. The lowest BCUT2D eigenvalue weighted by Gasteiger charge is -2.11. The van der Waals surface area contributed by atoms with Gasteiger partial charge in [0.1, 0.15) is 5.75 Å². The van der Waals surface area contributed by atoms with Crippen LogP contribution in [-0.4, -0.2) is 37.4 Å². The molecular weight excluding hydrogens is 521 g/mol. The van der Waals surface area contributed by atoms with E-state index in [4.69, 9.17) is 16.3 Å². The second kappa shape index (κ2) is 9.82. The van der Waals surface area contributed by atoms with E-state index in [2.05, 4.69) is 20.5 Å². The molecule has 0 aliphatic rings. The normalized spacial score (nSPS) is 11.6. The molecule has 0 spiro atoms. The van der Waals surface area contributed by atoms with Gasteiger partial charge >= 0.3 is 6.18 Å². The van der Waals surface area contributed by atoms with Gasteiger partial charge < -0.3 is 10.1 Å². The van der Waals surface area contributed by atoms with Gasteiger partial charge in [0.2, 0.25) is 0 Å². The number of alkyl halides is 3. The lowest BCUT2D eigenvalue weighted by Crippen LogP contribution is -2.16. The standard InChI is InChI=1S/C26H20ClF3N6O2/c1-15-11-23(34-35(15)14-17-5-3-4-6-19(17)27)32-25(37)21-13-24-31-20(16-7-9-18(38-2)10-8-16)12-22(26(28,29)30)36(24)33-21/h3-13H,14H2,1-2H3,(H,32,34,37). The number of benzene rings is 2. The molecule has 0 atom stereocenters. The fraction of sp³-hybridized carbons (Fsp3) is 0.154. The van der Waals surface area contributed by atoms with Crippen LogP contribution in [0.4, 0.5) is 19.0 Å². The van der Waals surface area contributed by atoms with Gasteiger partial charge in [0.25, 0.3) is 5.91 Å². The smallest absolute Gasteiger partial charge is 0.433 e. The second-order valence-electron chi connectivity index (χ2n) is 8.43. The SMILES string of the molecule is COc1ccc(-c2cc(C(F)(F)F)n3nc(C(=O)Nc4cc(C)n(Cc5ccccc5Cl)n4)cc3n2)cc1. The lowest BCUT2D eigenvalue weighted by molar-refractivity contribution is -0.142. The minimum atomic E-state index is -4.74. The molecule has 3 heterocycles. The van der Waals surface area contributed by atoms with E-state index in [-0.39, 0.29) is 22.9 Å². The molecule has 0 bridgehead atoms. The monoisotopic (exact) mass is 540 g/mol. The summed E-state index contributed by atoms with van der Waals surface area (Å²) in [6.45, 7) is 2.19. The van der Waals surface area contributed by atoms with E-state index in [1.165, 1.54) is 13.2 Å². The maximum absolute atomic E-state index is 13.9. The van der Waals surface area contributed by atoms with Crippen LogP contribution in [0.1, 0.15) is 27.4 Å². The highest BCUT2D eigenvalue weighted by atomic mass is 35.5. The number of aromatic nitrogens is 5. The van der Waals surface area contributed by atoms with Crippen molar-refractivity contribution >= 4 is 29.0 Å². The molecule has 5 rings (SSSR count). The van der Waals surface area contributed by atoms with Crippen LogP contribution in [0.25, 0.3) is 16.9 Å². The predicted molar refractivity (Wildman–Crippen MR) is 135 cm³/mol. The van der Waals surface area contributed by atoms with E-state index in [0.717, 1.165) is 17.3 Å². The first-order valence-corrected chi connectivity index (χ1v) is 11.7. The van der Waals surface area contributed by atoms with Crippen LogP contribution in [0.5, 0.6) is 5.75 Å². The third-order valence-electron chi connectivity index (χ3n) is 5.84. The minimum absolute atomic E-state index is 0.0771. The number of anilines is 1. The number of hydrogen-bond acceptors (Lipinski definition) is 5. The fourth-order valence-electron chi connectivity index (χ4n) is 3.90. The average Bonchev–Trinajstić information content (AvgIpc) is 3.47. The largest absolute Gasteiger partial charge is 0.497 e. The number of nitrogens with zero attached hydrogens (tertiary/aromatic N) is 5. The van der Waals surface area contributed by atoms with Gasteiger partial charge in [0, 0.05) is 28.4 Å². The Morgan fingerprint density at radius 1 is 1.05 bits per heavy atom. The van der Waals surface area contributed by atoms with Gasteiger partial charge in [0.15, 0.2) is 22.9 Å². The van der Waals surface area contributed by atoms with E-state index >= 15 is 0 Å². The molecule has 8 nitrogen and oxygen atoms in total. The van der Waals surface area contributed by atoms with Gasteiger partial charge in [-0.05, 0) is 48.9 Å². The summed E-state index contributed by atoms with van der Waals surface area (Å²) in [6.07, 6.45) is -4.74. The molecule has 5 aromatic rings. The molecule has 194 valence electrons. The summed E-state index contributed by atoms with van der Waals surface area (Å²) < 4.78 is 49.1. The molecule has 0 radical (unpaired) electrons. The van der Waals surface area contributed by atoms with Crippen molar-refractivity contribution in [1.82, 2.24) is 24.4 Å². The van der Waals surface area contributed by atoms with Gasteiger partial charge in [-0.25, -0.2) is 9.50 Å². The maximum atomic E-state index is 13.9. The Hall–Kier alpha value is -4.38. The summed E-state index contributed by atoms with van der Waals surface area (Å²) in [7, 11) is 1.49. The van der Waals surface area contributed by atoms with E-state index in [1.54, 1.807) is 41.1 Å². The van der Waals surface area contributed by atoms with E-state index in [1.807, 2.05) is 25.1 Å². The number of carbonyl (C=O) groups excluding carboxylic acids is 1. The van der Waals surface area contributed by atoms with Crippen molar-refractivity contribution < 1.29 is 22.7 Å². The second-order valence-corrected chi connectivity index (χ2v) is 8.83. The number of fused-ring (bicyclic) bond motifs is 1. The zero-order valence-corrected chi connectivity index (χ0v) is 20.9. The molecule has 0 aliphatic heterocycles. The van der Waals surface area contributed by atoms with Crippen molar-refractivity contribution in [1.29, 1.82) is 0 Å². The number of methoxy groups -OCH3 is 1. The van der Waals surface area contributed by atoms with Crippen molar-refractivity contribution in [3.8, 4) is 17.0 Å². The average molecular weight is 541 g/mol. The van der Waals surface area contributed by atoms with Crippen LogP contribution in [0.2, 0.25) is 5.02 Å². The predicted octanol–water partition coefficient (Wildman–Crippen LogP) is 5.88. The third kappa shape index (κ3) is 5.05. The molecule has 0 saturated carbocycles. The highest BCUT2D eigenvalue weighted by Gasteiger charge is 2.35. The van der Waals surface area contributed by atoms with Crippen molar-refractivity contribution in [3.63, 3.8) is 0 Å². The first-order chi connectivity index (χ1) is 18.1. The van der Waals surface area contributed by atoms with Crippen LogP contribution in [0.3, 0.4) is 0 Å². The molecule has 12 heteroatoms. The van der Waals surface area contributed by atoms with E-state index in [9.17, 15) is 18.0 Å². The highest BCUT2D eigenvalue weighted by Crippen LogP contribution is 2.33. The molecule has 1 amide bonds. The molecule has 0 aliphatic carbocycles. The van der Waals surface area contributed by atoms with Gasteiger partial charge in [-0.3, -0.25) is 9.48 Å². The lowest BCUT2D eigenvalue weighted by atomic mass is 10.1. The Bertz CT molecular complexity index is 1640. The molecule has 38 heavy (non-hydrogen) atoms. The quantitative estimate of drug-likeness (QED) is 0.290. The Labute approximate surface area is 219 Å². The number of halogens is 4. The molecular formula is C26H20ClF3N6O2. The summed E-state index contributed by atoms with van der Waals surface area (Å²) in [4.78, 5) is 17.2. The Kier molecular flexibility index (Phi) is 6.53. The third-order valence-corrected chi connectivity index (χ3v) is 6.21. The first kappa shape index (κ1) is 25.3. The number of hydrogen-bond donors (Lipinski definition) is 1. The number of rotatable bonds is 6. The Morgan fingerprint density at radius 2 is 1.79 bits per heavy atom. The number of aryl methyl sites for hydroxylation is 1. The van der Waals surface area contributed by atoms with Crippen molar-refractivity contribution in [2.75, 3.05) is 12.4 Å². The topological polar surface area (TPSA) is 86.3 Å². The zero-order chi connectivity index (χ0) is 27.0. The van der Waals surface area contributed by atoms with Gasteiger partial charge in [-0.15, -0.1) is 0 Å². The number of ether oxygens (including phenoxy) is 1. The summed E-state index contributed by atoms with van der Waals surface area (Å²) in [5.74, 6) is 0.0512. The molecule has 2 aromatic carbocycles. The fourth-order valence-corrected chi connectivity index (χ4v) is 4.09. The van der Waals surface area contributed by atoms with Gasteiger partial charge in [-0.2, -0.15) is 23.4 Å². The molecule has 3 aromatic heterocycles. The van der Waals surface area contributed by atoms with Crippen LogP contribution in [0.15, 0.2) is 66.7 Å². The van der Waals surface area contributed by atoms with Crippen LogP contribution in [0, 0.1) is 6.92 Å². The first-order valence-electron chi connectivity index (χ1n) is 11.3. The number of nitrogens with one attached hydrogen (secondary N) is 1. The zero-order valence-electron chi connectivity index (χ0n) is 20.1. The minimum Gasteiger partial charge on any atom is -0.497 e. The summed E-state index contributed by atoms with van der Waals surface area (Å²) >= 11 is 6.23. The van der Waals surface area contributed by atoms with Crippen LogP contribution >= 0.6 is 11.6 Å². The summed E-state index contributed by atoms with van der Waals surface area (Å²) in [5, 5.41) is 11.5. The summed E-state index contributed by atoms with van der Waals surface area (Å²) in [6, 6.07) is 17.5. The number of carbonyl (C=O) groups is 1. The van der Waals surface area contributed by atoms with E-state index in [0.29, 0.717) is 27.4 Å². The van der Waals surface area contributed by atoms with Gasteiger partial charge in [-0.1, -0.05) is 29.8 Å². The maximum Gasteiger partial charge on any atom is 0.433 e. The summed E-state index contributed by atoms with van der Waals surface area (Å²) in [5.41, 5.74) is 0.688. The Balaban J connectivity index is 1.45. The number of amides is 1. The van der Waals surface area contributed by atoms with Gasteiger partial charge in [0.05, 0.1) is 19.3 Å². The molecule has 1 N–H and O–H groups in total. The van der Waals surface area contributed by atoms with Crippen molar-refractivity contribution in [2.24, 2.45) is 0 Å². The van der Waals surface area contributed by atoms with Crippen LogP contribution in [-0.2, 0) is 12.7 Å². The van der Waals surface area contributed by atoms with Crippen LogP contribution < -0.4 is 10.1 Å². The van der Waals surface area contributed by atoms with Crippen molar-refractivity contribution in [2.45, 2.75) is 19.6 Å². The van der Waals surface area contributed by atoms with E-state index < -0.39 is 17.8 Å². The Morgan fingerprint density at radius 3 is 2.47 bits per heavy atom.